The van der Waals surface area contributed by atoms with Crippen LogP contribution in [0.2, 0.25) is 0 Å². The molecule has 1 aromatic heterocycles. The number of nitrogens with zero attached hydrogens (tertiary/aromatic N) is 1. The van der Waals surface area contributed by atoms with Crippen molar-refractivity contribution in [1.29, 1.82) is 0 Å². The number of aromatic nitrogens is 1. The van der Waals surface area contributed by atoms with Gasteiger partial charge in [-0.2, -0.15) is 0 Å². The first kappa shape index (κ1) is 12.6. The second-order valence-corrected chi connectivity index (χ2v) is 5.95. The van der Waals surface area contributed by atoms with Crippen molar-refractivity contribution >= 4 is 27.4 Å². The number of anilines is 2. The molecule has 4 nitrogen and oxygen atoms in total. The average Bonchev–Trinajstić information content (AvgIpc) is 2.21. The van der Waals surface area contributed by atoms with Crippen LogP contribution in [-0.2, 0) is 4.74 Å². The summed E-state index contributed by atoms with van der Waals surface area (Å²) < 4.78 is 6.58. The van der Waals surface area contributed by atoms with Crippen LogP contribution in [0.4, 0.5) is 11.5 Å². The number of hydrogen-bond acceptors (Lipinski definition) is 4. The molecule has 0 bridgehead atoms. The summed E-state index contributed by atoms with van der Waals surface area (Å²) in [5.41, 5.74) is 6.52. The van der Waals surface area contributed by atoms with E-state index in [1.807, 2.05) is 6.07 Å². The molecular formula is C12H18BrN3O. The molecular weight excluding hydrogens is 282 g/mol. The minimum Gasteiger partial charge on any atom is -0.396 e. The summed E-state index contributed by atoms with van der Waals surface area (Å²) >= 11 is 3.35. The fourth-order valence-electron chi connectivity index (χ4n) is 2.12. The van der Waals surface area contributed by atoms with Crippen molar-refractivity contribution in [3.63, 3.8) is 0 Å². The molecule has 1 unspecified atom stereocenters. The number of nitrogens with one attached hydrogen (secondary N) is 1. The van der Waals surface area contributed by atoms with Crippen molar-refractivity contribution in [2.75, 3.05) is 17.7 Å². The van der Waals surface area contributed by atoms with E-state index in [0.29, 0.717) is 11.7 Å². The molecule has 1 atom stereocenters. The van der Waals surface area contributed by atoms with Gasteiger partial charge >= 0.3 is 0 Å². The first-order valence-electron chi connectivity index (χ1n) is 5.78. The minimum atomic E-state index is -0.0694. The van der Waals surface area contributed by atoms with E-state index in [4.69, 9.17) is 10.5 Å². The molecule has 1 saturated heterocycles. The second kappa shape index (κ2) is 4.82. The highest BCUT2D eigenvalue weighted by Gasteiger charge is 2.29. The monoisotopic (exact) mass is 299 g/mol. The number of nitrogen functional groups attached to an aromatic ring is 1. The first-order chi connectivity index (χ1) is 7.96. The van der Waals surface area contributed by atoms with Gasteiger partial charge in [0.05, 0.1) is 11.3 Å². The third-order valence-electron chi connectivity index (χ3n) is 2.92. The number of ether oxygens (including phenoxy) is 1. The predicted molar refractivity (Wildman–Crippen MR) is 73.0 cm³/mol. The Bertz CT molecular complexity index is 409. The summed E-state index contributed by atoms with van der Waals surface area (Å²) in [7, 11) is 0. The van der Waals surface area contributed by atoms with Gasteiger partial charge in [0.1, 0.15) is 5.82 Å². The molecule has 0 aliphatic carbocycles. The highest BCUT2D eigenvalue weighted by molar-refractivity contribution is 9.10. The highest BCUT2D eigenvalue weighted by Crippen LogP contribution is 2.28. The van der Waals surface area contributed by atoms with Crippen LogP contribution >= 0.6 is 15.9 Å². The van der Waals surface area contributed by atoms with Crippen molar-refractivity contribution in [3.05, 3.63) is 16.7 Å². The van der Waals surface area contributed by atoms with E-state index < -0.39 is 0 Å². The van der Waals surface area contributed by atoms with Gasteiger partial charge in [-0.05, 0) is 48.7 Å². The van der Waals surface area contributed by atoms with Crippen molar-refractivity contribution in [2.45, 2.75) is 38.3 Å². The lowest BCUT2D eigenvalue weighted by Crippen LogP contribution is -2.40. The van der Waals surface area contributed by atoms with E-state index >= 15 is 0 Å². The molecule has 1 fully saturated rings. The van der Waals surface area contributed by atoms with Crippen LogP contribution in [0.5, 0.6) is 0 Å². The summed E-state index contributed by atoms with van der Waals surface area (Å²) in [4.78, 5) is 4.30. The fourth-order valence-corrected chi connectivity index (χ4v) is 2.47. The van der Waals surface area contributed by atoms with Gasteiger partial charge in [0, 0.05) is 23.3 Å². The van der Waals surface area contributed by atoms with E-state index in [1.165, 1.54) is 0 Å². The van der Waals surface area contributed by atoms with Crippen molar-refractivity contribution in [1.82, 2.24) is 4.98 Å². The van der Waals surface area contributed by atoms with Gasteiger partial charge in [-0.1, -0.05) is 0 Å². The molecule has 3 N–H and O–H groups in total. The number of pyridine rings is 1. The Morgan fingerprint density at radius 2 is 2.35 bits per heavy atom. The Morgan fingerprint density at radius 1 is 1.59 bits per heavy atom. The third kappa shape index (κ3) is 3.33. The maximum atomic E-state index is 5.92. The van der Waals surface area contributed by atoms with Crippen LogP contribution in [0.1, 0.15) is 26.7 Å². The Hall–Kier alpha value is -0.810. The van der Waals surface area contributed by atoms with Gasteiger partial charge < -0.3 is 15.8 Å². The first-order valence-corrected chi connectivity index (χ1v) is 6.57. The maximum absolute atomic E-state index is 5.92. The quantitative estimate of drug-likeness (QED) is 0.881. The zero-order chi connectivity index (χ0) is 12.5. The normalized spacial score (nSPS) is 23.4. The summed E-state index contributed by atoms with van der Waals surface area (Å²) in [5.74, 6) is 0.760. The molecule has 2 rings (SSSR count). The van der Waals surface area contributed by atoms with Gasteiger partial charge in [-0.25, -0.2) is 4.98 Å². The topological polar surface area (TPSA) is 60.2 Å². The zero-order valence-corrected chi connectivity index (χ0v) is 11.8. The zero-order valence-electron chi connectivity index (χ0n) is 10.2. The molecule has 2 heterocycles. The largest absolute Gasteiger partial charge is 0.396 e. The molecule has 0 amide bonds. The maximum Gasteiger partial charge on any atom is 0.149 e. The number of hydrogen-bond donors (Lipinski definition) is 2. The van der Waals surface area contributed by atoms with Crippen LogP contribution in [-0.4, -0.2) is 23.2 Å². The second-order valence-electron chi connectivity index (χ2n) is 5.03. The summed E-state index contributed by atoms with van der Waals surface area (Å²) in [6, 6.07) is 2.23. The predicted octanol–water partition coefficient (Wildman–Crippen LogP) is 2.80. The number of rotatable bonds is 2. The molecule has 0 aromatic carbocycles. The van der Waals surface area contributed by atoms with Gasteiger partial charge in [-0.15, -0.1) is 0 Å². The number of halogens is 1. The summed E-state index contributed by atoms with van der Waals surface area (Å²) in [6.45, 7) is 5.00. The van der Waals surface area contributed by atoms with Crippen LogP contribution < -0.4 is 11.1 Å². The van der Waals surface area contributed by atoms with Gasteiger partial charge in [-0.3, -0.25) is 0 Å². The van der Waals surface area contributed by atoms with Gasteiger partial charge in [0.25, 0.3) is 0 Å². The van der Waals surface area contributed by atoms with Crippen LogP contribution in [0.25, 0.3) is 0 Å². The molecule has 94 valence electrons. The lowest BCUT2D eigenvalue weighted by atomic mass is 9.94. The Balaban J connectivity index is 2.05. The molecule has 0 spiro atoms. The lowest BCUT2D eigenvalue weighted by Gasteiger charge is -2.36. The molecule has 0 radical (unpaired) electrons. The van der Waals surface area contributed by atoms with Crippen molar-refractivity contribution < 1.29 is 4.74 Å². The molecule has 5 heteroatoms. The minimum absolute atomic E-state index is 0.0694. The summed E-state index contributed by atoms with van der Waals surface area (Å²) in [5, 5.41) is 3.40. The van der Waals surface area contributed by atoms with Crippen molar-refractivity contribution in [2.24, 2.45) is 0 Å². The Labute approximate surface area is 110 Å². The van der Waals surface area contributed by atoms with Crippen LogP contribution in [0, 0.1) is 0 Å². The molecule has 1 aliphatic rings. The van der Waals surface area contributed by atoms with E-state index in [2.05, 4.69) is 40.1 Å². The molecule has 0 saturated carbocycles. The van der Waals surface area contributed by atoms with Gasteiger partial charge in [0.2, 0.25) is 0 Å². The lowest BCUT2D eigenvalue weighted by molar-refractivity contribution is -0.0553. The SMILES string of the molecule is CC1(C)CC(Nc2ncc(Br)cc2N)CCO1. The average molecular weight is 300 g/mol. The van der Waals surface area contributed by atoms with Crippen LogP contribution in [0.15, 0.2) is 16.7 Å². The van der Waals surface area contributed by atoms with Crippen molar-refractivity contribution in [3.8, 4) is 0 Å². The number of nitrogens with two attached hydrogens (primary N) is 1. The van der Waals surface area contributed by atoms with E-state index in [1.54, 1.807) is 6.20 Å². The Morgan fingerprint density at radius 3 is 3.00 bits per heavy atom. The Kier molecular flexibility index (Phi) is 3.58. The fraction of sp³-hybridized carbons (Fsp3) is 0.583. The molecule has 1 aliphatic heterocycles. The standard InChI is InChI=1S/C12H18BrN3O/c1-12(2)6-9(3-4-17-12)16-11-10(14)5-8(13)7-15-11/h5,7,9H,3-4,6,14H2,1-2H3,(H,15,16). The van der Waals surface area contributed by atoms with Crippen LogP contribution in [0.3, 0.4) is 0 Å². The van der Waals surface area contributed by atoms with E-state index in [-0.39, 0.29) is 5.60 Å². The molecule has 17 heavy (non-hydrogen) atoms. The molecule has 1 aromatic rings. The third-order valence-corrected chi connectivity index (χ3v) is 3.36. The van der Waals surface area contributed by atoms with E-state index in [0.717, 1.165) is 29.7 Å². The van der Waals surface area contributed by atoms with Gasteiger partial charge in [0.15, 0.2) is 0 Å². The summed E-state index contributed by atoms with van der Waals surface area (Å²) in [6.07, 6.45) is 3.70. The van der Waals surface area contributed by atoms with E-state index in [9.17, 15) is 0 Å². The smallest absolute Gasteiger partial charge is 0.149 e. The highest BCUT2D eigenvalue weighted by atomic mass is 79.9.